The van der Waals surface area contributed by atoms with Crippen LogP contribution in [0.25, 0.3) is 16.8 Å². The van der Waals surface area contributed by atoms with E-state index in [1.165, 1.54) is 39.2 Å². The van der Waals surface area contributed by atoms with Gasteiger partial charge in [0.1, 0.15) is 5.70 Å². The average molecular weight is 648 g/mol. The lowest BCUT2D eigenvalue weighted by Gasteiger charge is -2.15. The fourth-order valence-corrected chi connectivity index (χ4v) is 5.52. The van der Waals surface area contributed by atoms with Gasteiger partial charge in [-0.15, -0.1) is 11.8 Å². The molecule has 3 N–H and O–H groups in total. The summed E-state index contributed by atoms with van der Waals surface area (Å²) in [4.78, 5) is 40.2. The first-order valence-corrected chi connectivity index (χ1v) is 15.6. The number of carbonyl (C=O) groups excluding carboxylic acids is 3. The summed E-state index contributed by atoms with van der Waals surface area (Å²) in [6, 6.07) is 32.8. The van der Waals surface area contributed by atoms with Crippen molar-refractivity contribution in [3.8, 4) is 17.2 Å². The monoisotopic (exact) mass is 647 g/mol. The van der Waals surface area contributed by atoms with Gasteiger partial charge in [-0.2, -0.15) is 0 Å². The minimum absolute atomic E-state index is 0.0130. The first-order chi connectivity index (χ1) is 22.9. The molecular formula is C37H33N3O6S. The molecule has 238 valence electrons. The van der Waals surface area contributed by atoms with Crippen molar-refractivity contribution in [1.29, 1.82) is 0 Å². The van der Waals surface area contributed by atoms with E-state index in [1.807, 2.05) is 48.5 Å². The highest BCUT2D eigenvalue weighted by molar-refractivity contribution is 8.00. The van der Waals surface area contributed by atoms with Crippen molar-refractivity contribution in [2.24, 2.45) is 0 Å². The zero-order valence-corrected chi connectivity index (χ0v) is 26.9. The van der Waals surface area contributed by atoms with Crippen LogP contribution in [0.4, 0.5) is 11.4 Å². The molecule has 0 fully saturated rings. The number of hydrogen-bond acceptors (Lipinski definition) is 7. The highest BCUT2D eigenvalue weighted by Crippen LogP contribution is 2.38. The van der Waals surface area contributed by atoms with E-state index < -0.39 is 11.8 Å². The van der Waals surface area contributed by atoms with Gasteiger partial charge < -0.3 is 30.2 Å². The van der Waals surface area contributed by atoms with E-state index in [0.29, 0.717) is 34.1 Å². The van der Waals surface area contributed by atoms with Crippen molar-refractivity contribution in [2.45, 2.75) is 4.90 Å². The normalized spacial score (nSPS) is 11.0. The summed E-state index contributed by atoms with van der Waals surface area (Å²) < 4.78 is 16.3. The Kier molecular flexibility index (Phi) is 10.8. The summed E-state index contributed by atoms with van der Waals surface area (Å²) in [5.41, 5.74) is 2.11. The molecule has 10 heteroatoms. The van der Waals surface area contributed by atoms with E-state index in [1.54, 1.807) is 60.7 Å². The number of anilines is 2. The summed E-state index contributed by atoms with van der Waals surface area (Å²) in [5.74, 6) is 0.179. The van der Waals surface area contributed by atoms with Gasteiger partial charge in [0.15, 0.2) is 11.5 Å². The molecule has 0 radical (unpaired) electrons. The molecule has 5 aromatic carbocycles. The van der Waals surface area contributed by atoms with Gasteiger partial charge in [-0.05, 0) is 77.0 Å². The number of fused-ring (bicyclic) bond motifs is 1. The molecular weight excluding hydrogens is 614 g/mol. The van der Waals surface area contributed by atoms with E-state index >= 15 is 0 Å². The van der Waals surface area contributed by atoms with Gasteiger partial charge in [0, 0.05) is 21.8 Å². The van der Waals surface area contributed by atoms with E-state index in [2.05, 4.69) is 16.0 Å². The molecule has 0 atom stereocenters. The quantitative estimate of drug-likeness (QED) is 0.0986. The summed E-state index contributed by atoms with van der Waals surface area (Å²) in [6.07, 6.45) is 1.52. The number of methoxy groups -OCH3 is 3. The molecule has 0 bridgehead atoms. The second kappa shape index (κ2) is 15.5. The van der Waals surface area contributed by atoms with E-state index in [0.717, 1.165) is 21.4 Å². The molecule has 0 aromatic heterocycles. The summed E-state index contributed by atoms with van der Waals surface area (Å²) in [7, 11) is 4.49. The van der Waals surface area contributed by atoms with Crippen LogP contribution >= 0.6 is 11.8 Å². The van der Waals surface area contributed by atoms with Crippen molar-refractivity contribution >= 4 is 57.7 Å². The number of thioether (sulfide) groups is 1. The number of nitrogens with one attached hydrogen (secondary N) is 3. The van der Waals surface area contributed by atoms with Gasteiger partial charge in [-0.3, -0.25) is 14.4 Å². The zero-order chi connectivity index (χ0) is 33.2. The Morgan fingerprint density at radius 3 is 2.06 bits per heavy atom. The lowest BCUT2D eigenvalue weighted by Crippen LogP contribution is -2.30. The van der Waals surface area contributed by atoms with Crippen LogP contribution in [0.5, 0.6) is 17.2 Å². The van der Waals surface area contributed by atoms with Crippen molar-refractivity contribution in [1.82, 2.24) is 5.32 Å². The number of benzene rings is 5. The van der Waals surface area contributed by atoms with Crippen LogP contribution in [0.2, 0.25) is 0 Å². The van der Waals surface area contributed by atoms with Gasteiger partial charge in [0.2, 0.25) is 11.7 Å². The van der Waals surface area contributed by atoms with Crippen molar-refractivity contribution < 1.29 is 28.6 Å². The summed E-state index contributed by atoms with van der Waals surface area (Å²) in [6.45, 7) is 0. The van der Waals surface area contributed by atoms with Crippen LogP contribution < -0.4 is 30.2 Å². The topological polar surface area (TPSA) is 115 Å². The van der Waals surface area contributed by atoms with E-state index in [9.17, 15) is 14.4 Å². The fraction of sp³-hybridized carbons (Fsp3) is 0.108. The maximum Gasteiger partial charge on any atom is 0.272 e. The van der Waals surface area contributed by atoms with Gasteiger partial charge in [-0.25, -0.2) is 0 Å². The minimum atomic E-state index is -0.556. The molecule has 0 aliphatic rings. The SMILES string of the molecule is COc1cc(/C=C(/NC(=O)c2ccccc2)C(=O)Nc2cccc(SCC(=O)Nc3ccc4ccccc4c3)c2)cc(OC)c1OC. The second-order valence-electron chi connectivity index (χ2n) is 10.2. The van der Waals surface area contributed by atoms with Crippen LogP contribution in [0.15, 0.2) is 120 Å². The smallest absolute Gasteiger partial charge is 0.272 e. The minimum Gasteiger partial charge on any atom is -0.493 e. The molecule has 9 nitrogen and oxygen atoms in total. The number of rotatable bonds is 12. The lowest BCUT2D eigenvalue weighted by atomic mass is 10.1. The maximum absolute atomic E-state index is 13.6. The van der Waals surface area contributed by atoms with Crippen LogP contribution in [-0.2, 0) is 9.59 Å². The number of hydrogen-bond donors (Lipinski definition) is 3. The third kappa shape index (κ3) is 8.50. The average Bonchev–Trinajstić information content (AvgIpc) is 3.10. The highest BCUT2D eigenvalue weighted by atomic mass is 32.2. The summed E-state index contributed by atoms with van der Waals surface area (Å²) >= 11 is 1.34. The molecule has 0 heterocycles. The molecule has 0 saturated heterocycles. The third-order valence-electron chi connectivity index (χ3n) is 7.02. The molecule has 0 saturated carbocycles. The molecule has 0 aliphatic carbocycles. The number of carbonyl (C=O) groups is 3. The molecule has 5 rings (SSSR count). The van der Waals surface area contributed by atoms with Crippen LogP contribution in [0.3, 0.4) is 0 Å². The molecule has 0 spiro atoms. The predicted octanol–water partition coefficient (Wildman–Crippen LogP) is 7.01. The molecule has 0 unspecified atom stereocenters. The molecule has 3 amide bonds. The molecule has 5 aromatic rings. The van der Waals surface area contributed by atoms with Crippen molar-refractivity contribution in [3.63, 3.8) is 0 Å². The Hall–Kier alpha value is -5.74. The van der Waals surface area contributed by atoms with Crippen LogP contribution in [0, 0.1) is 0 Å². The van der Waals surface area contributed by atoms with E-state index in [4.69, 9.17) is 14.2 Å². The van der Waals surface area contributed by atoms with Gasteiger partial charge in [0.05, 0.1) is 27.1 Å². The Labute approximate surface area is 276 Å². The van der Waals surface area contributed by atoms with Gasteiger partial charge >= 0.3 is 0 Å². The van der Waals surface area contributed by atoms with E-state index in [-0.39, 0.29) is 17.4 Å². The first-order valence-electron chi connectivity index (χ1n) is 14.6. The van der Waals surface area contributed by atoms with Crippen molar-refractivity contribution in [3.05, 3.63) is 126 Å². The summed E-state index contributed by atoms with van der Waals surface area (Å²) in [5, 5.41) is 10.7. The number of ether oxygens (including phenoxy) is 3. The lowest BCUT2D eigenvalue weighted by molar-refractivity contribution is -0.114. The van der Waals surface area contributed by atoms with Crippen LogP contribution in [-0.4, -0.2) is 44.8 Å². The zero-order valence-electron chi connectivity index (χ0n) is 26.0. The second-order valence-corrected chi connectivity index (χ2v) is 11.3. The maximum atomic E-state index is 13.6. The fourth-order valence-electron chi connectivity index (χ4n) is 4.77. The first kappa shape index (κ1) is 32.6. The Bertz CT molecular complexity index is 1920. The van der Waals surface area contributed by atoms with Crippen molar-refractivity contribution in [2.75, 3.05) is 37.7 Å². The highest BCUT2D eigenvalue weighted by Gasteiger charge is 2.18. The Balaban J connectivity index is 1.32. The molecule has 47 heavy (non-hydrogen) atoms. The Morgan fingerprint density at radius 1 is 0.681 bits per heavy atom. The van der Waals surface area contributed by atoms with Gasteiger partial charge in [-0.1, -0.05) is 54.6 Å². The van der Waals surface area contributed by atoms with Gasteiger partial charge in [0.25, 0.3) is 11.8 Å². The predicted molar refractivity (Wildman–Crippen MR) is 186 cm³/mol. The van der Waals surface area contributed by atoms with Crippen LogP contribution in [0.1, 0.15) is 15.9 Å². The standard InChI is InChI=1S/C37H33N3O6S/c1-44-32-19-24(20-33(45-2)35(32)46-3)18-31(40-36(42)26-11-5-4-6-12-26)37(43)39-28-14-9-15-30(22-28)47-23-34(41)38-29-17-16-25-10-7-8-13-27(25)21-29/h4-22H,23H2,1-3H3,(H,38,41)(H,39,43)(H,40,42)/b31-18+. The molecule has 0 aliphatic heterocycles. The number of amides is 3. The largest absolute Gasteiger partial charge is 0.493 e. The Morgan fingerprint density at radius 2 is 1.36 bits per heavy atom. The third-order valence-corrected chi connectivity index (χ3v) is 8.02.